The van der Waals surface area contributed by atoms with Gasteiger partial charge in [0, 0.05) is 31.2 Å². The largest absolute Gasteiger partial charge is 0.466 e. The summed E-state index contributed by atoms with van der Waals surface area (Å²) in [6, 6.07) is 13.5. The molecule has 1 amide bonds. The summed E-state index contributed by atoms with van der Waals surface area (Å²) in [5, 5.41) is 0.674. The van der Waals surface area contributed by atoms with E-state index in [2.05, 4.69) is 9.88 Å². The van der Waals surface area contributed by atoms with E-state index in [1.54, 1.807) is 11.8 Å². The highest BCUT2D eigenvalue weighted by molar-refractivity contribution is 6.31. The summed E-state index contributed by atoms with van der Waals surface area (Å²) < 4.78 is 21.9. The van der Waals surface area contributed by atoms with Gasteiger partial charge in [0.25, 0.3) is 5.91 Å². The first-order valence-corrected chi connectivity index (χ1v) is 13.1. The lowest BCUT2D eigenvalue weighted by Gasteiger charge is -2.30. The van der Waals surface area contributed by atoms with E-state index in [1.165, 1.54) is 6.26 Å². The van der Waals surface area contributed by atoms with Crippen LogP contribution in [-0.2, 0) is 29.2 Å². The number of hydrogen-bond donors (Lipinski definition) is 0. The van der Waals surface area contributed by atoms with Crippen molar-refractivity contribution in [2.75, 3.05) is 26.5 Å². The van der Waals surface area contributed by atoms with Crippen LogP contribution < -0.4 is 9.47 Å². The molecule has 0 unspecified atom stereocenters. The number of amides is 1. The van der Waals surface area contributed by atoms with E-state index in [4.69, 9.17) is 30.2 Å². The van der Waals surface area contributed by atoms with Crippen molar-refractivity contribution in [3.05, 3.63) is 76.5 Å². The number of fused-ring (bicyclic) bond motifs is 1. The molecule has 1 fully saturated rings. The number of esters is 1. The van der Waals surface area contributed by atoms with Crippen LogP contribution in [0.15, 0.2) is 53.1 Å². The third-order valence-electron chi connectivity index (χ3n) is 6.65. The number of carbonyl (C=O) groups excluding carboxylic acids is 2. The first-order valence-electron chi connectivity index (χ1n) is 12.7. The smallest absolute Gasteiger partial charge is 0.310 e. The number of halogens is 1. The van der Waals surface area contributed by atoms with Gasteiger partial charge in [-0.15, -0.1) is 0 Å². The van der Waals surface area contributed by atoms with Crippen molar-refractivity contribution >= 4 is 23.5 Å². The third kappa shape index (κ3) is 6.11. The molecule has 3 aromatic rings. The minimum atomic E-state index is -0.313. The van der Waals surface area contributed by atoms with Crippen LogP contribution in [0.5, 0.6) is 11.5 Å². The van der Waals surface area contributed by atoms with E-state index in [0.717, 1.165) is 23.3 Å². The molecule has 1 atom stereocenters. The number of rotatable bonds is 9. The quantitative estimate of drug-likeness (QED) is 0.362. The normalized spacial score (nSPS) is 16.6. The fourth-order valence-corrected chi connectivity index (χ4v) is 4.98. The Hall–Kier alpha value is -3.56. The Balaban J connectivity index is 1.29. The number of hydrogen-bond acceptors (Lipinski definition) is 8. The average Bonchev–Trinajstić information content (AvgIpc) is 3.59. The summed E-state index contributed by atoms with van der Waals surface area (Å²) in [5.41, 5.74) is 2.23. The summed E-state index contributed by atoms with van der Waals surface area (Å²) in [6.07, 6.45) is 2.84. The Morgan fingerprint density at radius 2 is 1.97 bits per heavy atom. The molecule has 0 aliphatic carbocycles. The molecule has 1 saturated heterocycles. The second kappa shape index (κ2) is 11.9. The molecule has 0 spiro atoms. The lowest BCUT2D eigenvalue weighted by atomic mass is 9.98. The Morgan fingerprint density at radius 1 is 1.13 bits per heavy atom. The summed E-state index contributed by atoms with van der Waals surface area (Å²) in [5.74, 6) is 1.04. The molecule has 10 heteroatoms. The van der Waals surface area contributed by atoms with Crippen molar-refractivity contribution in [3.63, 3.8) is 0 Å². The van der Waals surface area contributed by atoms with Crippen LogP contribution >= 0.6 is 11.6 Å². The number of nitrogens with zero attached hydrogens (tertiary/aromatic N) is 3. The second-order valence-electron chi connectivity index (χ2n) is 9.39. The number of ether oxygens (including phenoxy) is 3. The molecule has 1 aromatic heterocycles. The topological polar surface area (TPSA) is 94.3 Å². The number of likely N-dealkylation sites (tertiary alicyclic amines) is 1. The van der Waals surface area contributed by atoms with Crippen LogP contribution in [0.4, 0.5) is 0 Å². The zero-order chi connectivity index (χ0) is 26.5. The maximum absolute atomic E-state index is 13.2. The van der Waals surface area contributed by atoms with Crippen LogP contribution in [-0.4, -0.2) is 53.1 Å². The van der Waals surface area contributed by atoms with Gasteiger partial charge in [0.05, 0.1) is 19.1 Å². The zero-order valence-electron chi connectivity index (χ0n) is 21.2. The van der Waals surface area contributed by atoms with Crippen molar-refractivity contribution in [1.82, 2.24) is 14.8 Å². The number of aromatic nitrogens is 1. The highest BCUT2D eigenvalue weighted by atomic mass is 35.5. The Morgan fingerprint density at radius 3 is 2.82 bits per heavy atom. The fourth-order valence-electron chi connectivity index (χ4n) is 4.78. The Labute approximate surface area is 226 Å². The summed E-state index contributed by atoms with van der Waals surface area (Å²) in [6.45, 7) is 4.69. The van der Waals surface area contributed by atoms with Crippen molar-refractivity contribution in [1.29, 1.82) is 0 Å². The molecule has 9 nitrogen and oxygen atoms in total. The molecule has 0 bridgehead atoms. The van der Waals surface area contributed by atoms with Gasteiger partial charge in [0.1, 0.15) is 6.26 Å². The number of oxazole rings is 1. The minimum Gasteiger partial charge on any atom is -0.466 e. The van der Waals surface area contributed by atoms with Gasteiger partial charge < -0.3 is 23.5 Å². The maximum atomic E-state index is 13.2. The number of carbonyl (C=O) groups is 2. The highest BCUT2D eigenvalue weighted by Gasteiger charge is 2.31. The van der Waals surface area contributed by atoms with Gasteiger partial charge >= 0.3 is 5.97 Å². The van der Waals surface area contributed by atoms with Crippen molar-refractivity contribution in [3.8, 4) is 11.5 Å². The lowest BCUT2D eigenvalue weighted by Crippen LogP contribution is -2.43. The van der Waals surface area contributed by atoms with E-state index in [-0.39, 0.29) is 30.3 Å². The summed E-state index contributed by atoms with van der Waals surface area (Å²) in [4.78, 5) is 33.6. The van der Waals surface area contributed by atoms with Crippen LogP contribution in [0, 0.1) is 5.92 Å². The Bertz CT molecular complexity index is 1300. The standard InChI is InChI=1S/C28H30ClN3O6/c1-2-35-28(34)21-7-5-11-32(15-21)27(33)23-17-36-26(30-23)16-31(14-20-6-3-4-8-22(20)29)13-19-9-10-24-25(12-19)38-18-37-24/h3-4,6,8-10,12,17,21H,2,5,7,11,13-16,18H2,1H3/t21-/m1/s1. The molecule has 5 rings (SSSR count). The van der Waals surface area contributed by atoms with Gasteiger partial charge in [-0.3, -0.25) is 14.5 Å². The van der Waals surface area contributed by atoms with Crippen molar-refractivity contribution in [2.24, 2.45) is 5.92 Å². The molecule has 200 valence electrons. The van der Waals surface area contributed by atoms with Crippen LogP contribution in [0.25, 0.3) is 0 Å². The van der Waals surface area contributed by atoms with Crippen molar-refractivity contribution in [2.45, 2.75) is 39.4 Å². The second-order valence-corrected chi connectivity index (χ2v) is 9.80. The van der Waals surface area contributed by atoms with Gasteiger partial charge in [-0.1, -0.05) is 35.9 Å². The van der Waals surface area contributed by atoms with Crippen molar-refractivity contribution < 1.29 is 28.2 Å². The Kier molecular flexibility index (Phi) is 8.14. The molecule has 0 N–H and O–H groups in total. The van der Waals surface area contributed by atoms with Gasteiger partial charge in [0.15, 0.2) is 17.2 Å². The van der Waals surface area contributed by atoms with Gasteiger partial charge in [-0.05, 0) is 49.1 Å². The SMILES string of the molecule is CCOC(=O)[C@@H]1CCCN(C(=O)c2coc(CN(Cc3ccc4c(c3)OCO4)Cc3ccccc3Cl)n2)C1. The number of benzene rings is 2. The molecule has 0 saturated carbocycles. The van der Waals surface area contributed by atoms with Gasteiger partial charge in [-0.2, -0.15) is 0 Å². The molecule has 38 heavy (non-hydrogen) atoms. The zero-order valence-corrected chi connectivity index (χ0v) is 22.0. The first-order chi connectivity index (χ1) is 18.5. The summed E-state index contributed by atoms with van der Waals surface area (Å²) >= 11 is 6.45. The predicted octanol–water partition coefficient (Wildman–Crippen LogP) is 4.67. The van der Waals surface area contributed by atoms with E-state index in [9.17, 15) is 9.59 Å². The molecule has 3 heterocycles. The minimum absolute atomic E-state index is 0.215. The van der Waals surface area contributed by atoms with E-state index in [1.807, 2.05) is 42.5 Å². The van der Waals surface area contributed by atoms with Crippen LogP contribution in [0.3, 0.4) is 0 Å². The molecular formula is C28H30ClN3O6. The average molecular weight is 540 g/mol. The monoisotopic (exact) mass is 539 g/mol. The van der Waals surface area contributed by atoms with Gasteiger partial charge in [0.2, 0.25) is 12.7 Å². The molecule has 2 aliphatic heterocycles. The molecule has 0 radical (unpaired) electrons. The van der Waals surface area contributed by atoms with Crippen LogP contribution in [0.1, 0.15) is 47.3 Å². The fraction of sp³-hybridized carbons (Fsp3) is 0.393. The molecule has 2 aliphatic rings. The maximum Gasteiger partial charge on any atom is 0.310 e. The van der Waals surface area contributed by atoms with Crippen LogP contribution in [0.2, 0.25) is 5.02 Å². The summed E-state index contributed by atoms with van der Waals surface area (Å²) in [7, 11) is 0. The van der Waals surface area contributed by atoms with E-state index in [0.29, 0.717) is 62.4 Å². The first kappa shape index (κ1) is 26.1. The number of piperidine rings is 1. The molecular weight excluding hydrogens is 510 g/mol. The predicted molar refractivity (Wildman–Crippen MR) is 139 cm³/mol. The van der Waals surface area contributed by atoms with Gasteiger partial charge in [-0.25, -0.2) is 4.98 Å². The third-order valence-corrected chi connectivity index (χ3v) is 7.02. The van der Waals surface area contributed by atoms with E-state index < -0.39 is 0 Å². The highest BCUT2D eigenvalue weighted by Crippen LogP contribution is 2.33. The van der Waals surface area contributed by atoms with E-state index >= 15 is 0 Å². The molecule has 2 aromatic carbocycles. The lowest BCUT2D eigenvalue weighted by molar-refractivity contribution is -0.149.